The average Bonchev–Trinajstić information content (AvgIpc) is 2.98. The van der Waals surface area contributed by atoms with Crippen molar-refractivity contribution >= 4 is 0 Å². The maximum atomic E-state index is 5.44. The third-order valence-electron chi connectivity index (χ3n) is 3.87. The Hall–Kier alpha value is -0.940. The minimum Gasteiger partial charge on any atom is -0.381 e. The number of hydrogen-bond acceptors (Lipinski definition) is 4. The second kappa shape index (κ2) is 4.74. The molecule has 0 aliphatic carbocycles. The van der Waals surface area contributed by atoms with Gasteiger partial charge in [0.2, 0.25) is 0 Å². The van der Waals surface area contributed by atoms with Crippen LogP contribution < -0.4 is 5.32 Å². The SMILES string of the molecule is Cc1nnc(C2CCNC2)n1C1CCOCC1. The monoisotopic (exact) mass is 236 g/mol. The minimum absolute atomic E-state index is 0.536. The molecule has 2 aliphatic heterocycles. The quantitative estimate of drug-likeness (QED) is 0.833. The number of rotatable bonds is 2. The van der Waals surface area contributed by atoms with Crippen molar-refractivity contribution in [1.29, 1.82) is 0 Å². The molecule has 94 valence electrons. The third-order valence-corrected chi connectivity index (χ3v) is 3.87. The van der Waals surface area contributed by atoms with Gasteiger partial charge < -0.3 is 14.6 Å². The Morgan fingerprint density at radius 3 is 2.76 bits per heavy atom. The Labute approximate surface area is 102 Å². The smallest absolute Gasteiger partial charge is 0.137 e. The molecule has 2 fully saturated rings. The van der Waals surface area contributed by atoms with Crippen molar-refractivity contribution in [2.24, 2.45) is 0 Å². The molecule has 3 heterocycles. The van der Waals surface area contributed by atoms with Crippen LogP contribution in [-0.2, 0) is 4.74 Å². The molecule has 17 heavy (non-hydrogen) atoms. The molecule has 2 aliphatic rings. The molecule has 0 aromatic carbocycles. The van der Waals surface area contributed by atoms with E-state index in [4.69, 9.17) is 4.74 Å². The van der Waals surface area contributed by atoms with Gasteiger partial charge in [-0.05, 0) is 32.7 Å². The molecule has 5 heteroatoms. The zero-order chi connectivity index (χ0) is 11.7. The summed E-state index contributed by atoms with van der Waals surface area (Å²) in [5.74, 6) is 2.78. The topological polar surface area (TPSA) is 52.0 Å². The first-order chi connectivity index (χ1) is 8.36. The van der Waals surface area contributed by atoms with Gasteiger partial charge in [0.25, 0.3) is 0 Å². The van der Waals surface area contributed by atoms with Crippen molar-refractivity contribution in [3.05, 3.63) is 11.6 Å². The highest BCUT2D eigenvalue weighted by atomic mass is 16.5. The Balaban J connectivity index is 1.88. The summed E-state index contributed by atoms with van der Waals surface area (Å²) in [6.07, 6.45) is 3.36. The first kappa shape index (κ1) is 11.2. The van der Waals surface area contributed by atoms with Crippen LogP contribution in [0.5, 0.6) is 0 Å². The van der Waals surface area contributed by atoms with Crippen LogP contribution in [0.1, 0.15) is 42.9 Å². The van der Waals surface area contributed by atoms with Crippen LogP contribution in [0.15, 0.2) is 0 Å². The molecule has 1 unspecified atom stereocenters. The maximum Gasteiger partial charge on any atom is 0.137 e. The number of hydrogen-bond donors (Lipinski definition) is 1. The molecule has 5 nitrogen and oxygen atoms in total. The van der Waals surface area contributed by atoms with E-state index in [1.807, 2.05) is 0 Å². The Morgan fingerprint density at radius 2 is 2.06 bits per heavy atom. The molecule has 0 spiro atoms. The number of nitrogens with zero attached hydrogens (tertiary/aromatic N) is 3. The third kappa shape index (κ3) is 2.09. The van der Waals surface area contributed by atoms with Crippen LogP contribution in [0.3, 0.4) is 0 Å². The lowest BCUT2D eigenvalue weighted by molar-refractivity contribution is 0.0679. The van der Waals surface area contributed by atoms with Crippen LogP contribution in [0.25, 0.3) is 0 Å². The molecule has 0 bridgehead atoms. The van der Waals surface area contributed by atoms with Gasteiger partial charge in [-0.25, -0.2) is 0 Å². The first-order valence-corrected chi connectivity index (χ1v) is 6.56. The highest BCUT2D eigenvalue weighted by Gasteiger charge is 2.27. The molecule has 1 N–H and O–H groups in total. The predicted molar refractivity (Wildman–Crippen MR) is 64.1 cm³/mol. The normalized spacial score (nSPS) is 26.5. The van der Waals surface area contributed by atoms with Gasteiger partial charge in [0.15, 0.2) is 0 Å². The second-order valence-electron chi connectivity index (χ2n) is 5.01. The highest BCUT2D eigenvalue weighted by Crippen LogP contribution is 2.28. The largest absolute Gasteiger partial charge is 0.381 e. The summed E-state index contributed by atoms with van der Waals surface area (Å²) in [6.45, 7) is 5.94. The van der Waals surface area contributed by atoms with Crippen molar-refractivity contribution in [3.8, 4) is 0 Å². The van der Waals surface area contributed by atoms with Crippen LogP contribution in [0.2, 0.25) is 0 Å². The average molecular weight is 236 g/mol. The highest BCUT2D eigenvalue weighted by molar-refractivity contribution is 5.06. The van der Waals surface area contributed by atoms with Crippen LogP contribution in [-0.4, -0.2) is 41.1 Å². The van der Waals surface area contributed by atoms with E-state index in [-0.39, 0.29) is 0 Å². The Bertz CT molecular complexity index is 378. The lowest BCUT2D eigenvalue weighted by Crippen LogP contribution is -2.23. The van der Waals surface area contributed by atoms with Crippen molar-refractivity contribution in [2.45, 2.75) is 38.1 Å². The number of ether oxygens (including phenoxy) is 1. The second-order valence-corrected chi connectivity index (χ2v) is 5.01. The molecule has 0 radical (unpaired) electrons. The molecule has 0 saturated carbocycles. The van der Waals surface area contributed by atoms with Crippen molar-refractivity contribution in [1.82, 2.24) is 20.1 Å². The summed E-state index contributed by atoms with van der Waals surface area (Å²) in [5, 5.41) is 12.1. The molecule has 2 saturated heterocycles. The lowest BCUT2D eigenvalue weighted by atomic mass is 10.0. The van der Waals surface area contributed by atoms with E-state index in [2.05, 4.69) is 27.0 Å². The first-order valence-electron chi connectivity index (χ1n) is 6.56. The minimum atomic E-state index is 0.536. The maximum absolute atomic E-state index is 5.44. The van der Waals surface area contributed by atoms with E-state index in [0.717, 1.165) is 45.0 Å². The number of aromatic nitrogens is 3. The van der Waals surface area contributed by atoms with Crippen molar-refractivity contribution < 1.29 is 4.74 Å². The summed E-state index contributed by atoms with van der Waals surface area (Å²) in [5.41, 5.74) is 0. The summed E-state index contributed by atoms with van der Waals surface area (Å²) >= 11 is 0. The van der Waals surface area contributed by atoms with Gasteiger partial charge in [0, 0.05) is 31.7 Å². The predicted octanol–water partition coefficient (Wildman–Crippen LogP) is 1.01. The summed E-state index contributed by atoms with van der Waals surface area (Å²) in [6, 6.07) is 0.536. The van der Waals surface area contributed by atoms with Gasteiger partial charge in [0.1, 0.15) is 11.6 Å². The fourth-order valence-corrected chi connectivity index (χ4v) is 2.93. The molecule has 1 atom stereocenters. The Morgan fingerprint density at radius 1 is 1.24 bits per heavy atom. The van der Waals surface area contributed by atoms with E-state index in [1.54, 1.807) is 0 Å². The van der Waals surface area contributed by atoms with Gasteiger partial charge in [0.05, 0.1) is 0 Å². The molecular formula is C12H20N4O. The van der Waals surface area contributed by atoms with Crippen molar-refractivity contribution in [2.75, 3.05) is 26.3 Å². The zero-order valence-electron chi connectivity index (χ0n) is 10.4. The summed E-state index contributed by atoms with van der Waals surface area (Å²) < 4.78 is 7.80. The van der Waals surface area contributed by atoms with Crippen LogP contribution in [0.4, 0.5) is 0 Å². The summed E-state index contributed by atoms with van der Waals surface area (Å²) in [4.78, 5) is 0. The fourth-order valence-electron chi connectivity index (χ4n) is 2.93. The van der Waals surface area contributed by atoms with E-state index in [9.17, 15) is 0 Å². The molecule has 1 aromatic heterocycles. The van der Waals surface area contributed by atoms with Crippen molar-refractivity contribution in [3.63, 3.8) is 0 Å². The zero-order valence-corrected chi connectivity index (χ0v) is 10.4. The van der Waals surface area contributed by atoms with Gasteiger partial charge in [-0.3, -0.25) is 0 Å². The van der Waals surface area contributed by atoms with Gasteiger partial charge >= 0.3 is 0 Å². The van der Waals surface area contributed by atoms with Gasteiger partial charge in [-0.15, -0.1) is 10.2 Å². The molecule has 3 rings (SSSR count). The Kier molecular flexibility index (Phi) is 3.11. The van der Waals surface area contributed by atoms with Gasteiger partial charge in [-0.1, -0.05) is 0 Å². The fraction of sp³-hybridized carbons (Fsp3) is 0.833. The molecular weight excluding hydrogens is 216 g/mol. The molecule has 1 aromatic rings. The lowest BCUT2D eigenvalue weighted by Gasteiger charge is -2.26. The van der Waals surface area contributed by atoms with E-state index >= 15 is 0 Å². The number of nitrogens with one attached hydrogen (secondary N) is 1. The van der Waals surface area contributed by atoms with Gasteiger partial charge in [-0.2, -0.15) is 0 Å². The van der Waals surface area contributed by atoms with E-state index in [1.165, 1.54) is 12.2 Å². The standard InChI is InChI=1S/C12H20N4O/c1-9-14-15-12(10-2-5-13-8-10)16(9)11-3-6-17-7-4-11/h10-11,13H,2-8H2,1H3. The molecule has 0 amide bonds. The number of aryl methyl sites for hydroxylation is 1. The van der Waals surface area contributed by atoms with Crippen LogP contribution in [0, 0.1) is 6.92 Å². The van der Waals surface area contributed by atoms with E-state index in [0.29, 0.717) is 12.0 Å². The van der Waals surface area contributed by atoms with Crippen LogP contribution >= 0.6 is 0 Å². The summed E-state index contributed by atoms with van der Waals surface area (Å²) in [7, 11) is 0. The van der Waals surface area contributed by atoms with E-state index < -0.39 is 0 Å².